The van der Waals surface area contributed by atoms with Gasteiger partial charge in [-0.3, -0.25) is 9.79 Å². The van der Waals surface area contributed by atoms with Crippen molar-refractivity contribution in [1.29, 1.82) is 0 Å². The van der Waals surface area contributed by atoms with Crippen molar-refractivity contribution < 1.29 is 4.79 Å². The normalized spacial score (nSPS) is 22.8. The van der Waals surface area contributed by atoms with Crippen LogP contribution in [0.3, 0.4) is 0 Å². The van der Waals surface area contributed by atoms with Gasteiger partial charge in [0.05, 0.1) is 6.54 Å². The highest BCUT2D eigenvalue weighted by atomic mass is 127. The van der Waals surface area contributed by atoms with E-state index in [0.717, 1.165) is 55.6 Å². The highest BCUT2D eigenvalue weighted by molar-refractivity contribution is 14.0. The zero-order chi connectivity index (χ0) is 19.5. The molecule has 0 bridgehead atoms. The number of aliphatic imine (C=N–C) groups is 1. The Hall–Kier alpha value is -1.02. The lowest BCUT2D eigenvalue weighted by molar-refractivity contribution is -0.119. The minimum atomic E-state index is -0.155. The topological polar surface area (TPSA) is 56.7 Å². The number of nitrogens with one attached hydrogen (secondary N) is 2. The zero-order valence-electron chi connectivity index (χ0n) is 17.1. The van der Waals surface area contributed by atoms with E-state index in [1.165, 1.54) is 0 Å². The van der Waals surface area contributed by atoms with Crippen molar-refractivity contribution in [2.24, 2.45) is 10.4 Å². The Kier molecular flexibility index (Phi) is 8.02. The number of amides is 1. The van der Waals surface area contributed by atoms with E-state index in [2.05, 4.69) is 42.4 Å². The van der Waals surface area contributed by atoms with Crippen LogP contribution in [0.4, 0.5) is 0 Å². The number of likely N-dealkylation sites (tertiary alicyclic amines) is 1. The largest absolute Gasteiger partial charge is 0.357 e. The second-order valence-electron chi connectivity index (χ2n) is 8.51. The standard InChI is InChI=1S/C21H31ClN4O.HI/c1-4-23-19(25-13-20(2,3)16-8-5-6-9-17(16)22)26-11-7-10-21(15-26)12-18(27)24-14-21;/h5-6,8-9H,4,7,10-15H2,1-3H3,(H,23,25)(H,24,27);1H. The molecule has 1 aromatic carbocycles. The molecule has 1 aromatic rings. The fraction of sp³-hybridized carbons (Fsp3) is 0.619. The summed E-state index contributed by atoms with van der Waals surface area (Å²) in [4.78, 5) is 19.1. The van der Waals surface area contributed by atoms with Gasteiger partial charge >= 0.3 is 0 Å². The summed E-state index contributed by atoms with van der Waals surface area (Å²) in [5.74, 6) is 1.12. The lowest BCUT2D eigenvalue weighted by Crippen LogP contribution is -2.51. The maximum atomic E-state index is 11.8. The molecule has 2 saturated heterocycles. The molecule has 2 N–H and O–H groups in total. The van der Waals surface area contributed by atoms with Crippen molar-refractivity contribution in [2.75, 3.05) is 32.7 Å². The molecule has 0 aliphatic carbocycles. The monoisotopic (exact) mass is 518 g/mol. The second kappa shape index (κ2) is 9.65. The number of hydrogen-bond acceptors (Lipinski definition) is 2. The van der Waals surface area contributed by atoms with E-state index in [4.69, 9.17) is 16.6 Å². The maximum Gasteiger partial charge on any atom is 0.220 e. The van der Waals surface area contributed by atoms with E-state index >= 15 is 0 Å². The molecular formula is C21H32ClIN4O. The first-order valence-corrected chi connectivity index (χ1v) is 10.3. The Morgan fingerprint density at radius 2 is 2.14 bits per heavy atom. The fourth-order valence-corrected chi connectivity index (χ4v) is 4.61. The van der Waals surface area contributed by atoms with Crippen molar-refractivity contribution in [1.82, 2.24) is 15.5 Å². The summed E-state index contributed by atoms with van der Waals surface area (Å²) in [5, 5.41) is 7.25. The lowest BCUT2D eigenvalue weighted by Gasteiger charge is -2.41. The van der Waals surface area contributed by atoms with E-state index in [9.17, 15) is 4.79 Å². The third-order valence-electron chi connectivity index (χ3n) is 5.72. The molecule has 1 spiro atoms. The first-order chi connectivity index (χ1) is 12.9. The van der Waals surface area contributed by atoms with Crippen LogP contribution in [0, 0.1) is 5.41 Å². The predicted molar refractivity (Wildman–Crippen MR) is 127 cm³/mol. The van der Waals surface area contributed by atoms with Gasteiger partial charge in [0, 0.05) is 48.5 Å². The Bertz CT molecular complexity index is 724. The SMILES string of the molecule is CCNC(=NCC(C)(C)c1ccccc1Cl)N1CCCC2(CNC(=O)C2)C1.I. The van der Waals surface area contributed by atoms with Crippen LogP contribution in [0.1, 0.15) is 45.6 Å². The van der Waals surface area contributed by atoms with Crippen molar-refractivity contribution >= 4 is 47.4 Å². The molecule has 7 heteroatoms. The lowest BCUT2D eigenvalue weighted by atomic mass is 9.79. The van der Waals surface area contributed by atoms with Gasteiger partial charge in [-0.25, -0.2) is 0 Å². The molecule has 2 aliphatic rings. The molecule has 0 radical (unpaired) electrons. The highest BCUT2D eigenvalue weighted by Gasteiger charge is 2.42. The van der Waals surface area contributed by atoms with Gasteiger partial charge in [0.25, 0.3) is 0 Å². The maximum absolute atomic E-state index is 11.8. The molecule has 1 atom stereocenters. The van der Waals surface area contributed by atoms with Crippen LogP contribution in [0.2, 0.25) is 5.02 Å². The molecule has 2 heterocycles. The van der Waals surface area contributed by atoms with Crippen LogP contribution in [0.25, 0.3) is 0 Å². The summed E-state index contributed by atoms with van der Waals surface area (Å²) in [5.41, 5.74) is 1.02. The van der Waals surface area contributed by atoms with Crippen molar-refractivity contribution in [2.45, 2.75) is 45.4 Å². The number of carbonyl (C=O) groups is 1. The minimum Gasteiger partial charge on any atom is -0.357 e. The fourth-order valence-electron chi connectivity index (χ4n) is 4.22. The van der Waals surface area contributed by atoms with Gasteiger partial charge in [-0.1, -0.05) is 43.6 Å². The third kappa shape index (κ3) is 5.32. The van der Waals surface area contributed by atoms with Crippen molar-refractivity contribution in [3.8, 4) is 0 Å². The molecule has 5 nitrogen and oxygen atoms in total. The molecule has 156 valence electrons. The Morgan fingerprint density at radius 3 is 2.79 bits per heavy atom. The number of hydrogen-bond donors (Lipinski definition) is 2. The molecular weight excluding hydrogens is 487 g/mol. The molecule has 0 aromatic heterocycles. The summed E-state index contributed by atoms with van der Waals surface area (Å²) in [6.07, 6.45) is 2.83. The van der Waals surface area contributed by atoms with Crippen LogP contribution in [-0.2, 0) is 10.2 Å². The van der Waals surface area contributed by atoms with Gasteiger partial charge in [0.2, 0.25) is 5.91 Å². The highest BCUT2D eigenvalue weighted by Crippen LogP contribution is 2.36. The van der Waals surface area contributed by atoms with E-state index in [0.29, 0.717) is 13.0 Å². The molecule has 0 saturated carbocycles. The molecule has 28 heavy (non-hydrogen) atoms. The first-order valence-electron chi connectivity index (χ1n) is 9.90. The summed E-state index contributed by atoms with van der Waals surface area (Å²) in [6.45, 7) is 10.6. The Labute approximate surface area is 190 Å². The number of halogens is 2. The molecule has 1 unspecified atom stereocenters. The van der Waals surface area contributed by atoms with Crippen LogP contribution >= 0.6 is 35.6 Å². The quantitative estimate of drug-likeness (QED) is 0.362. The van der Waals surface area contributed by atoms with Gasteiger partial charge in [0.1, 0.15) is 0 Å². The number of guanidine groups is 1. The van der Waals surface area contributed by atoms with Crippen LogP contribution in [0.15, 0.2) is 29.3 Å². The molecule has 2 aliphatic heterocycles. The van der Waals surface area contributed by atoms with Crippen LogP contribution in [-0.4, -0.2) is 49.5 Å². The van der Waals surface area contributed by atoms with Gasteiger partial charge in [-0.05, 0) is 31.4 Å². The first kappa shape index (κ1) is 23.3. The van der Waals surface area contributed by atoms with Gasteiger partial charge in [-0.15, -0.1) is 24.0 Å². The van der Waals surface area contributed by atoms with Crippen molar-refractivity contribution in [3.05, 3.63) is 34.9 Å². The number of benzene rings is 1. The van der Waals surface area contributed by atoms with Gasteiger partial charge < -0.3 is 15.5 Å². The van der Waals surface area contributed by atoms with E-state index < -0.39 is 0 Å². The average Bonchev–Trinajstić information content (AvgIpc) is 2.98. The zero-order valence-corrected chi connectivity index (χ0v) is 20.1. The summed E-state index contributed by atoms with van der Waals surface area (Å²) in [6, 6.07) is 8.00. The summed E-state index contributed by atoms with van der Waals surface area (Å²) >= 11 is 6.42. The second-order valence-corrected chi connectivity index (χ2v) is 8.92. The summed E-state index contributed by atoms with van der Waals surface area (Å²) in [7, 11) is 0. The Balaban J connectivity index is 0.00000280. The van der Waals surface area contributed by atoms with E-state index in [1.807, 2.05) is 18.2 Å². The summed E-state index contributed by atoms with van der Waals surface area (Å²) < 4.78 is 0. The predicted octanol–water partition coefficient (Wildman–Crippen LogP) is 3.80. The van der Waals surface area contributed by atoms with Gasteiger partial charge in [-0.2, -0.15) is 0 Å². The van der Waals surface area contributed by atoms with Gasteiger partial charge in [0.15, 0.2) is 5.96 Å². The Morgan fingerprint density at radius 1 is 1.39 bits per heavy atom. The number of piperidine rings is 1. The number of rotatable bonds is 4. The van der Waals surface area contributed by atoms with Crippen molar-refractivity contribution in [3.63, 3.8) is 0 Å². The van der Waals surface area contributed by atoms with E-state index in [1.54, 1.807) is 0 Å². The molecule has 2 fully saturated rings. The third-order valence-corrected chi connectivity index (χ3v) is 6.05. The molecule has 3 rings (SSSR count). The number of carbonyl (C=O) groups excluding carboxylic acids is 1. The number of nitrogens with zero attached hydrogens (tertiary/aromatic N) is 2. The van der Waals surface area contributed by atoms with Crippen LogP contribution in [0.5, 0.6) is 0 Å². The van der Waals surface area contributed by atoms with E-state index in [-0.39, 0.29) is 40.7 Å². The molecule has 1 amide bonds. The smallest absolute Gasteiger partial charge is 0.220 e. The van der Waals surface area contributed by atoms with Crippen LogP contribution < -0.4 is 10.6 Å². The minimum absolute atomic E-state index is 0. The average molecular weight is 519 g/mol.